The van der Waals surface area contributed by atoms with Crippen LogP contribution in [0.1, 0.15) is 56.4 Å². The van der Waals surface area contributed by atoms with E-state index in [1.807, 2.05) is 6.92 Å². The van der Waals surface area contributed by atoms with Crippen molar-refractivity contribution in [2.75, 3.05) is 24.6 Å². The summed E-state index contributed by atoms with van der Waals surface area (Å²) in [4.78, 5) is 14.5. The monoisotopic (exact) mass is 394 g/mol. The summed E-state index contributed by atoms with van der Waals surface area (Å²) in [7, 11) is -2.98. The first-order valence-electron chi connectivity index (χ1n) is 9.74. The van der Waals surface area contributed by atoms with Gasteiger partial charge in [0, 0.05) is 12.6 Å². The molecule has 1 amide bonds. The van der Waals surface area contributed by atoms with Gasteiger partial charge in [0.1, 0.15) is 0 Å². The molecule has 0 bridgehead atoms. The van der Waals surface area contributed by atoms with Crippen LogP contribution in [0.15, 0.2) is 12.1 Å². The van der Waals surface area contributed by atoms with E-state index < -0.39 is 9.84 Å². The third kappa shape index (κ3) is 6.04. The molecule has 0 spiro atoms. The minimum atomic E-state index is -2.98. The van der Waals surface area contributed by atoms with Crippen molar-refractivity contribution in [3.8, 4) is 0 Å². The van der Waals surface area contributed by atoms with E-state index in [0.29, 0.717) is 6.42 Å². The lowest BCUT2D eigenvalue weighted by atomic mass is 9.83. The molecule has 1 aromatic rings. The summed E-state index contributed by atoms with van der Waals surface area (Å²) < 4.78 is 23.1. The number of hydrogen-bond acceptors (Lipinski definition) is 4. The van der Waals surface area contributed by atoms with E-state index in [1.54, 1.807) is 0 Å². The number of hydrogen-bond donors (Lipinski definition) is 1. The molecule has 0 aliphatic carbocycles. The van der Waals surface area contributed by atoms with Crippen LogP contribution >= 0.6 is 0 Å². The topological polar surface area (TPSA) is 66.5 Å². The largest absolute Gasteiger partial charge is 0.351 e. The van der Waals surface area contributed by atoms with Crippen LogP contribution in [-0.2, 0) is 26.6 Å². The zero-order valence-corrected chi connectivity index (χ0v) is 18.4. The van der Waals surface area contributed by atoms with Gasteiger partial charge < -0.3 is 5.32 Å². The lowest BCUT2D eigenvalue weighted by Gasteiger charge is -2.26. The molecule has 0 aromatic heterocycles. The SMILES string of the molecule is CCN(CC(=O)N[C@H]1CCS(=O)(=O)C1)Cc1c(C)cc(C(C)(C)C)cc1C. The predicted molar refractivity (Wildman–Crippen MR) is 111 cm³/mol. The van der Waals surface area contributed by atoms with Crippen LogP contribution in [-0.4, -0.2) is 49.9 Å². The molecular formula is C21H34N2O3S. The number of nitrogens with zero attached hydrogens (tertiary/aromatic N) is 1. The van der Waals surface area contributed by atoms with Gasteiger partial charge in [0.15, 0.2) is 9.84 Å². The number of rotatable bonds is 6. The van der Waals surface area contributed by atoms with Gasteiger partial charge >= 0.3 is 0 Å². The molecular weight excluding hydrogens is 360 g/mol. The Bertz CT molecular complexity index is 771. The van der Waals surface area contributed by atoms with Crippen LogP contribution in [0.2, 0.25) is 0 Å². The third-order valence-electron chi connectivity index (χ3n) is 5.36. The number of likely N-dealkylation sites (N-methyl/N-ethyl adjacent to an activating group) is 1. The number of aryl methyl sites for hydroxylation is 2. The second-order valence-corrected chi connectivity index (χ2v) is 11.0. The van der Waals surface area contributed by atoms with Crippen molar-refractivity contribution in [1.29, 1.82) is 0 Å². The van der Waals surface area contributed by atoms with Crippen molar-refractivity contribution in [3.63, 3.8) is 0 Å². The van der Waals surface area contributed by atoms with Crippen molar-refractivity contribution < 1.29 is 13.2 Å². The summed E-state index contributed by atoms with van der Waals surface area (Å²) in [5, 5.41) is 2.88. The number of amides is 1. The molecule has 1 fully saturated rings. The van der Waals surface area contributed by atoms with E-state index in [-0.39, 0.29) is 35.4 Å². The molecule has 1 saturated heterocycles. The molecule has 1 atom stereocenters. The van der Waals surface area contributed by atoms with Gasteiger partial charge in [-0.25, -0.2) is 8.42 Å². The van der Waals surface area contributed by atoms with Crippen LogP contribution in [0.4, 0.5) is 0 Å². The Morgan fingerprint density at radius 2 is 1.81 bits per heavy atom. The van der Waals surface area contributed by atoms with Gasteiger partial charge in [0.25, 0.3) is 0 Å². The molecule has 2 rings (SSSR count). The smallest absolute Gasteiger partial charge is 0.234 e. The molecule has 0 unspecified atom stereocenters. The Morgan fingerprint density at radius 3 is 2.26 bits per heavy atom. The molecule has 6 heteroatoms. The van der Waals surface area contributed by atoms with Gasteiger partial charge in [-0.15, -0.1) is 0 Å². The van der Waals surface area contributed by atoms with E-state index in [1.165, 1.54) is 22.3 Å². The van der Waals surface area contributed by atoms with Gasteiger partial charge in [0.05, 0.1) is 18.1 Å². The van der Waals surface area contributed by atoms with E-state index in [4.69, 9.17) is 0 Å². The average Bonchev–Trinajstić information content (AvgIpc) is 2.87. The maximum absolute atomic E-state index is 12.4. The zero-order chi connectivity index (χ0) is 20.4. The minimum Gasteiger partial charge on any atom is -0.351 e. The van der Waals surface area contributed by atoms with Gasteiger partial charge in [-0.1, -0.05) is 39.8 Å². The van der Waals surface area contributed by atoms with Crippen LogP contribution < -0.4 is 5.32 Å². The van der Waals surface area contributed by atoms with Crippen LogP contribution in [0, 0.1) is 13.8 Å². The summed E-state index contributed by atoms with van der Waals surface area (Å²) in [5.74, 6) is 0.145. The van der Waals surface area contributed by atoms with Crippen molar-refractivity contribution in [3.05, 3.63) is 34.4 Å². The van der Waals surface area contributed by atoms with Gasteiger partial charge in [0.2, 0.25) is 5.91 Å². The fraction of sp³-hybridized carbons (Fsp3) is 0.667. The van der Waals surface area contributed by atoms with Gasteiger partial charge in [-0.3, -0.25) is 9.69 Å². The summed E-state index contributed by atoms with van der Waals surface area (Å²) in [6, 6.07) is 4.26. The van der Waals surface area contributed by atoms with E-state index in [0.717, 1.165) is 13.1 Å². The van der Waals surface area contributed by atoms with Crippen molar-refractivity contribution in [2.45, 2.75) is 66.0 Å². The molecule has 1 aliphatic rings. The van der Waals surface area contributed by atoms with Crippen LogP contribution in [0.25, 0.3) is 0 Å². The van der Waals surface area contributed by atoms with Crippen molar-refractivity contribution in [1.82, 2.24) is 10.2 Å². The molecule has 1 aliphatic heterocycles. The molecule has 27 heavy (non-hydrogen) atoms. The van der Waals surface area contributed by atoms with Crippen molar-refractivity contribution >= 4 is 15.7 Å². The fourth-order valence-corrected chi connectivity index (χ4v) is 5.24. The molecule has 1 aromatic carbocycles. The molecule has 0 radical (unpaired) electrons. The maximum Gasteiger partial charge on any atom is 0.234 e. The maximum atomic E-state index is 12.4. The van der Waals surface area contributed by atoms with E-state index in [9.17, 15) is 13.2 Å². The highest BCUT2D eigenvalue weighted by atomic mass is 32.2. The molecule has 0 saturated carbocycles. The quantitative estimate of drug-likeness (QED) is 0.806. The number of nitrogens with one attached hydrogen (secondary N) is 1. The predicted octanol–water partition coefficient (Wildman–Crippen LogP) is 2.73. The van der Waals surface area contributed by atoms with Gasteiger partial charge in [-0.2, -0.15) is 0 Å². The van der Waals surface area contributed by atoms with Crippen LogP contribution in [0.5, 0.6) is 0 Å². The number of benzene rings is 1. The second-order valence-electron chi connectivity index (χ2n) is 8.81. The summed E-state index contributed by atoms with van der Waals surface area (Å²) in [5.41, 5.74) is 5.20. The first-order chi connectivity index (χ1) is 12.4. The second kappa shape index (κ2) is 8.31. The number of sulfone groups is 1. The average molecular weight is 395 g/mol. The van der Waals surface area contributed by atoms with Crippen molar-refractivity contribution in [2.24, 2.45) is 0 Å². The van der Waals surface area contributed by atoms with Crippen LogP contribution in [0.3, 0.4) is 0 Å². The lowest BCUT2D eigenvalue weighted by Crippen LogP contribution is -2.42. The molecule has 1 N–H and O–H groups in total. The molecule has 5 nitrogen and oxygen atoms in total. The van der Waals surface area contributed by atoms with E-state index in [2.05, 4.69) is 57.0 Å². The first-order valence-corrected chi connectivity index (χ1v) is 11.6. The standard InChI is InChI=1S/C21H34N2O3S/c1-7-23(13-20(24)22-18-8-9-27(25,26)14-18)12-19-15(2)10-17(11-16(19)3)21(4,5)6/h10-11,18H,7-9,12-14H2,1-6H3,(H,22,24)/t18-/m0/s1. The zero-order valence-electron chi connectivity index (χ0n) is 17.6. The fourth-order valence-electron chi connectivity index (χ4n) is 3.56. The first kappa shape index (κ1) is 21.9. The van der Waals surface area contributed by atoms with Gasteiger partial charge in [-0.05, 0) is 54.5 Å². The summed E-state index contributed by atoms with van der Waals surface area (Å²) in [6.45, 7) is 14.7. The summed E-state index contributed by atoms with van der Waals surface area (Å²) in [6.07, 6.45) is 0.521. The Kier molecular flexibility index (Phi) is 6.74. The highest BCUT2D eigenvalue weighted by Gasteiger charge is 2.29. The Balaban J connectivity index is 2.03. The number of carbonyl (C=O) groups is 1. The third-order valence-corrected chi connectivity index (χ3v) is 7.12. The number of carbonyl (C=O) groups excluding carboxylic acids is 1. The van der Waals surface area contributed by atoms with E-state index >= 15 is 0 Å². The minimum absolute atomic E-state index is 0.0668. The molecule has 152 valence electrons. The Hall–Kier alpha value is -1.40. The Labute approximate surface area is 164 Å². The normalized spacial score (nSPS) is 19.4. The highest BCUT2D eigenvalue weighted by molar-refractivity contribution is 7.91. The lowest BCUT2D eigenvalue weighted by molar-refractivity contribution is -0.122. The summed E-state index contributed by atoms with van der Waals surface area (Å²) >= 11 is 0. The highest BCUT2D eigenvalue weighted by Crippen LogP contribution is 2.27. The molecule has 1 heterocycles. The Morgan fingerprint density at radius 1 is 1.22 bits per heavy atom.